The number of rotatable bonds is 14. The summed E-state index contributed by atoms with van der Waals surface area (Å²) in [5.74, 6) is -1.94. The maximum Gasteiger partial charge on any atom is 0.407 e. The fourth-order valence-corrected chi connectivity index (χ4v) is 11.5. The van der Waals surface area contributed by atoms with Crippen molar-refractivity contribution in [1.29, 1.82) is 0 Å². The van der Waals surface area contributed by atoms with E-state index in [1.165, 1.54) is 46.6 Å². The first-order chi connectivity index (χ1) is 35.1. The highest BCUT2D eigenvalue weighted by Crippen LogP contribution is 2.51. The number of methoxy groups -OCH3 is 4. The van der Waals surface area contributed by atoms with Crippen LogP contribution in [0.25, 0.3) is 22.1 Å². The zero-order valence-corrected chi connectivity index (χ0v) is 41.9. The first-order valence-electron chi connectivity index (χ1n) is 25.2. The standard InChI is InChI=1S/C51H64F4N10O8/c1-26(70-3)43(60-50(68)72-5)48(66)63-18-10-12-41(63)46-56-35-22-29(31(52)24-37(35)58-46)39-14-15-40(65(39)28-20-33(54)45(34(55)21-28)62-16-8-7-9-17-62)30-23-36-38(25-32(30)53)59-47(57-36)42-13-11-19-64(42)49(67)44(27(2)71-4)61-51(69)73-6/h20,22-27,34,39-44H,7-19,21H2,1-6H3,(H,56,58)(H,57,59)(H,60,68)(H,61,69)/t26-,27-,34?,39-,40-,41+,42+,43+,44+/m1/s1. The number of carbonyl (C=O) groups is 4. The predicted octanol–water partition coefficient (Wildman–Crippen LogP) is 7.73. The lowest BCUT2D eigenvalue weighted by molar-refractivity contribution is -0.138. The second kappa shape index (κ2) is 21.6. The van der Waals surface area contributed by atoms with Crippen LogP contribution in [-0.2, 0) is 28.5 Å². The third-order valence-corrected chi connectivity index (χ3v) is 15.4. The number of likely N-dealkylation sites (tertiary alicyclic amines) is 4. The summed E-state index contributed by atoms with van der Waals surface area (Å²) in [4.78, 5) is 75.4. The molecule has 6 heterocycles. The number of imidazole rings is 2. The third kappa shape index (κ3) is 10.0. The zero-order chi connectivity index (χ0) is 51.8. The summed E-state index contributed by atoms with van der Waals surface area (Å²) < 4.78 is 87.2. The van der Waals surface area contributed by atoms with E-state index in [0.29, 0.717) is 85.6 Å². The maximum absolute atomic E-state index is 16.9. The van der Waals surface area contributed by atoms with Crippen molar-refractivity contribution in [3.05, 3.63) is 82.0 Å². The number of benzene rings is 2. The molecule has 18 nitrogen and oxygen atoms in total. The molecule has 4 saturated heterocycles. The molecule has 73 heavy (non-hydrogen) atoms. The van der Waals surface area contributed by atoms with Gasteiger partial charge in [0.1, 0.15) is 47.4 Å². The van der Waals surface area contributed by atoms with E-state index in [9.17, 15) is 19.2 Å². The van der Waals surface area contributed by atoms with E-state index in [1.54, 1.807) is 45.6 Å². The normalized spacial score (nSPS) is 24.2. The van der Waals surface area contributed by atoms with Gasteiger partial charge in [-0.2, -0.15) is 0 Å². The van der Waals surface area contributed by atoms with Crippen LogP contribution in [-0.4, -0.2) is 149 Å². The Morgan fingerprint density at radius 1 is 0.644 bits per heavy atom. The lowest BCUT2D eigenvalue weighted by Crippen LogP contribution is -2.54. The van der Waals surface area contributed by atoms with Crippen molar-refractivity contribution < 1.29 is 55.7 Å². The van der Waals surface area contributed by atoms with Crippen molar-refractivity contribution in [2.24, 2.45) is 0 Å². The molecule has 2 aromatic carbocycles. The fourth-order valence-electron chi connectivity index (χ4n) is 11.5. The van der Waals surface area contributed by atoms with Gasteiger partial charge in [0.05, 0.1) is 78.4 Å². The number of halogens is 4. The molecule has 1 aliphatic carbocycles. The smallest absolute Gasteiger partial charge is 0.407 e. The number of aromatic amines is 2. The molecule has 0 saturated carbocycles. The van der Waals surface area contributed by atoms with E-state index < -0.39 is 96.1 Å². The summed E-state index contributed by atoms with van der Waals surface area (Å²) in [6, 6.07) is 1.05. The minimum Gasteiger partial charge on any atom is -0.453 e. The van der Waals surface area contributed by atoms with Crippen LogP contribution in [0.4, 0.5) is 27.2 Å². The number of allylic oxidation sites excluding steroid dienone is 4. The van der Waals surface area contributed by atoms with Gasteiger partial charge in [0, 0.05) is 75.8 Å². The van der Waals surface area contributed by atoms with Crippen molar-refractivity contribution in [2.45, 2.75) is 133 Å². The highest BCUT2D eigenvalue weighted by atomic mass is 19.1. The average molecular weight is 1020 g/mol. The molecule has 9 atom stereocenters. The molecule has 0 bridgehead atoms. The number of nitrogens with zero attached hydrogens (tertiary/aromatic N) is 6. The molecule has 4 N–H and O–H groups in total. The predicted molar refractivity (Wildman–Crippen MR) is 259 cm³/mol. The van der Waals surface area contributed by atoms with Gasteiger partial charge < -0.3 is 59.1 Å². The number of nitrogens with one attached hydrogen (secondary N) is 4. The number of ether oxygens (including phenoxy) is 4. The Labute approximate surface area is 420 Å². The molecule has 9 rings (SSSR count). The second-order valence-corrected chi connectivity index (χ2v) is 19.6. The molecule has 1 unspecified atom stereocenters. The fraction of sp³-hybridized carbons (Fsp3) is 0.569. The van der Waals surface area contributed by atoms with Crippen LogP contribution >= 0.6 is 0 Å². The molecule has 4 aromatic rings. The Balaban J connectivity index is 1.06. The molecule has 5 aliphatic rings. The van der Waals surface area contributed by atoms with Crippen molar-refractivity contribution in [1.82, 2.24) is 50.2 Å². The number of carbonyl (C=O) groups excluding carboxylic acids is 4. The molecule has 0 radical (unpaired) electrons. The minimum absolute atomic E-state index is 0.00189. The summed E-state index contributed by atoms with van der Waals surface area (Å²) in [6.07, 6.45) is 1.95. The van der Waals surface area contributed by atoms with E-state index in [-0.39, 0.29) is 41.8 Å². The van der Waals surface area contributed by atoms with E-state index >= 15 is 17.6 Å². The Bertz CT molecular complexity index is 2640. The first-order valence-corrected chi connectivity index (χ1v) is 25.2. The van der Waals surface area contributed by atoms with Gasteiger partial charge >= 0.3 is 12.2 Å². The van der Waals surface area contributed by atoms with Crippen molar-refractivity contribution in [2.75, 3.05) is 54.6 Å². The Kier molecular flexibility index (Phi) is 15.2. The summed E-state index contributed by atoms with van der Waals surface area (Å²) in [5, 5.41) is 5.15. The van der Waals surface area contributed by atoms with Crippen LogP contribution in [0.2, 0.25) is 0 Å². The highest BCUT2D eigenvalue weighted by Gasteiger charge is 2.44. The Morgan fingerprint density at radius 3 is 1.53 bits per heavy atom. The zero-order valence-electron chi connectivity index (χ0n) is 41.9. The van der Waals surface area contributed by atoms with Gasteiger partial charge in [0.25, 0.3) is 0 Å². The first kappa shape index (κ1) is 51.5. The lowest BCUT2D eigenvalue weighted by atomic mass is 9.97. The number of fused-ring (bicyclic) bond motifs is 2. The number of alkyl carbamates (subject to hydrolysis) is 2. The third-order valence-electron chi connectivity index (χ3n) is 15.4. The summed E-state index contributed by atoms with van der Waals surface area (Å²) in [7, 11) is 5.27. The number of hydrogen-bond donors (Lipinski definition) is 4. The lowest BCUT2D eigenvalue weighted by Gasteiger charge is -2.39. The van der Waals surface area contributed by atoms with Crippen molar-refractivity contribution >= 4 is 46.1 Å². The summed E-state index contributed by atoms with van der Waals surface area (Å²) in [5.41, 5.74) is 2.19. The quantitative estimate of drug-likeness (QED) is 0.0898. The van der Waals surface area contributed by atoms with E-state index in [2.05, 4.69) is 20.6 Å². The number of alkyl halides is 1. The molecule has 4 fully saturated rings. The topological polar surface area (TPSA) is 200 Å². The van der Waals surface area contributed by atoms with Gasteiger partial charge in [-0.15, -0.1) is 0 Å². The molecular weight excluding hydrogens is 957 g/mol. The van der Waals surface area contributed by atoms with Crippen LogP contribution in [0.5, 0.6) is 0 Å². The second-order valence-electron chi connectivity index (χ2n) is 19.6. The van der Waals surface area contributed by atoms with E-state index in [4.69, 9.17) is 28.9 Å². The van der Waals surface area contributed by atoms with Crippen LogP contribution in [0, 0.1) is 11.6 Å². The van der Waals surface area contributed by atoms with Gasteiger partial charge in [0.2, 0.25) is 11.8 Å². The van der Waals surface area contributed by atoms with Gasteiger partial charge in [-0.1, -0.05) is 0 Å². The number of aromatic nitrogens is 4. The maximum atomic E-state index is 16.9. The molecule has 22 heteroatoms. The van der Waals surface area contributed by atoms with Crippen LogP contribution in [0.3, 0.4) is 0 Å². The molecule has 2 aromatic heterocycles. The summed E-state index contributed by atoms with van der Waals surface area (Å²) in [6.45, 7) is 5.12. The van der Waals surface area contributed by atoms with Crippen molar-refractivity contribution in [3.8, 4) is 0 Å². The van der Waals surface area contributed by atoms with Gasteiger partial charge in [-0.3, -0.25) is 9.59 Å². The van der Waals surface area contributed by atoms with Crippen LogP contribution in [0.15, 0.2) is 47.6 Å². The van der Waals surface area contributed by atoms with Gasteiger partial charge in [-0.25, -0.2) is 37.1 Å². The number of H-pyrrole nitrogens is 2. The molecular formula is C51H64F4N10O8. The Morgan fingerprint density at radius 2 is 1.11 bits per heavy atom. The Hall–Kier alpha value is -6.42. The van der Waals surface area contributed by atoms with Gasteiger partial charge in [-0.05, 0) is 89.8 Å². The summed E-state index contributed by atoms with van der Waals surface area (Å²) >= 11 is 0. The highest BCUT2D eigenvalue weighted by molar-refractivity contribution is 5.88. The molecule has 0 spiro atoms. The molecule has 394 valence electrons. The largest absolute Gasteiger partial charge is 0.453 e. The molecule has 4 aliphatic heterocycles. The SMILES string of the molecule is COC(=O)N[C@H](C(=O)N1CCC[C@H]1c1nc2cc(F)c([C@H]3CC[C@H](c4cc5[nH]c([C@@H]6CCCN6C(=O)[C@@H](NC(=O)OC)[C@@H](C)OC)nc5cc4F)N3C3=CC(F)=C(N4CCCCC4)C(F)C3)cc2[nH]1)[C@@H](C)OC. The minimum atomic E-state index is -1.71. The van der Waals surface area contributed by atoms with E-state index in [1.807, 2.05) is 0 Å². The van der Waals surface area contributed by atoms with E-state index in [0.717, 1.165) is 19.3 Å². The molecule has 4 amide bonds. The number of piperidine rings is 1. The monoisotopic (exact) mass is 1020 g/mol. The van der Waals surface area contributed by atoms with Crippen molar-refractivity contribution in [3.63, 3.8) is 0 Å². The average Bonchev–Trinajstić information content (AvgIpc) is 4.26. The van der Waals surface area contributed by atoms with Gasteiger partial charge in [0.15, 0.2) is 0 Å². The van der Waals surface area contributed by atoms with Crippen LogP contribution in [0.1, 0.15) is 125 Å². The van der Waals surface area contributed by atoms with Crippen LogP contribution < -0.4 is 10.6 Å². The number of amides is 4. The number of hydrogen-bond acceptors (Lipinski definition) is 12.